The van der Waals surface area contributed by atoms with Gasteiger partial charge in [0, 0.05) is 42.2 Å². The Kier molecular flexibility index (Phi) is 4.02. The molecule has 5 heteroatoms. The molecule has 3 fully saturated rings. The van der Waals surface area contributed by atoms with Gasteiger partial charge in [0.25, 0.3) is 5.91 Å². The number of piperidine rings is 1. The summed E-state index contributed by atoms with van der Waals surface area (Å²) >= 11 is 0. The zero-order valence-electron chi connectivity index (χ0n) is 15.1. The largest absolute Gasteiger partial charge is 0.375 e. The summed E-state index contributed by atoms with van der Waals surface area (Å²) in [6, 6.07) is 7.88. The maximum absolute atomic E-state index is 13.0. The van der Waals surface area contributed by atoms with Crippen LogP contribution in [0.4, 0.5) is 0 Å². The van der Waals surface area contributed by atoms with Gasteiger partial charge in [-0.25, -0.2) is 0 Å². The number of H-pyrrole nitrogens is 1. The lowest BCUT2D eigenvalue weighted by Crippen LogP contribution is -2.50. The summed E-state index contributed by atoms with van der Waals surface area (Å²) in [5, 5.41) is 1.08. The van der Waals surface area contributed by atoms with Crippen molar-refractivity contribution >= 4 is 16.8 Å². The molecule has 1 N–H and O–H groups in total. The molecule has 3 heterocycles. The Balaban J connectivity index is 1.26. The maximum Gasteiger partial charge on any atom is 0.253 e. The number of aromatic nitrogens is 1. The average Bonchev–Trinajstić information content (AvgIpc) is 3.24. The molecule has 0 bridgehead atoms. The fourth-order valence-electron chi connectivity index (χ4n) is 4.39. The molecule has 2 saturated heterocycles. The molecule has 26 heavy (non-hydrogen) atoms. The van der Waals surface area contributed by atoms with Gasteiger partial charge in [-0.15, -0.1) is 0 Å². The van der Waals surface area contributed by atoms with E-state index < -0.39 is 0 Å². The quantitative estimate of drug-likeness (QED) is 0.916. The number of benzene rings is 1. The van der Waals surface area contributed by atoms with Gasteiger partial charge in [-0.2, -0.15) is 0 Å². The van der Waals surface area contributed by atoms with Gasteiger partial charge >= 0.3 is 0 Å². The Morgan fingerprint density at radius 2 is 2.27 bits per heavy atom. The highest BCUT2D eigenvalue weighted by Crippen LogP contribution is 2.37. The first-order valence-electron chi connectivity index (χ1n) is 9.83. The van der Waals surface area contributed by atoms with Gasteiger partial charge < -0.3 is 19.4 Å². The van der Waals surface area contributed by atoms with E-state index in [-0.39, 0.29) is 17.6 Å². The highest BCUT2D eigenvalue weighted by atomic mass is 16.6. The number of nitrogens with one attached hydrogen (secondary N) is 1. The number of fused-ring (bicyclic) bond motifs is 1. The van der Waals surface area contributed by atoms with Crippen LogP contribution in [0, 0.1) is 5.92 Å². The molecular formula is C21H26N2O3. The number of rotatable bonds is 4. The summed E-state index contributed by atoms with van der Waals surface area (Å²) in [6.07, 6.45) is 7.66. The van der Waals surface area contributed by atoms with Crippen molar-refractivity contribution in [3.05, 3.63) is 36.0 Å². The summed E-state index contributed by atoms with van der Waals surface area (Å²) in [7, 11) is 0. The van der Waals surface area contributed by atoms with Crippen molar-refractivity contribution in [3.63, 3.8) is 0 Å². The molecule has 1 aromatic carbocycles. The van der Waals surface area contributed by atoms with Crippen molar-refractivity contribution in [2.45, 2.75) is 43.8 Å². The standard InChI is InChI=1S/C21H26N2O3/c24-20(17-4-5-19-16(10-17)6-8-22-19)23-9-1-7-21(14-23)11-18(13-26-21)25-12-15-2-3-15/h4-6,8,10,15,18,22H,1-3,7,9,11-14H2/t18-,21-/m1/s1. The molecule has 1 saturated carbocycles. The molecule has 138 valence electrons. The van der Waals surface area contributed by atoms with Gasteiger partial charge in [0.2, 0.25) is 0 Å². The Hall–Kier alpha value is -1.85. The number of nitrogens with zero attached hydrogens (tertiary/aromatic N) is 1. The second kappa shape index (κ2) is 6.39. The van der Waals surface area contributed by atoms with Crippen LogP contribution in [-0.4, -0.2) is 53.8 Å². The van der Waals surface area contributed by atoms with E-state index in [0.717, 1.165) is 54.8 Å². The number of ether oxygens (including phenoxy) is 2. The van der Waals surface area contributed by atoms with E-state index >= 15 is 0 Å². The molecule has 1 aromatic heterocycles. The lowest BCUT2D eigenvalue weighted by Gasteiger charge is -2.39. The Morgan fingerprint density at radius 3 is 3.15 bits per heavy atom. The lowest BCUT2D eigenvalue weighted by molar-refractivity contribution is -0.0464. The monoisotopic (exact) mass is 354 g/mol. The predicted molar refractivity (Wildman–Crippen MR) is 99.2 cm³/mol. The van der Waals surface area contributed by atoms with E-state index in [1.165, 1.54) is 12.8 Å². The fourth-order valence-corrected chi connectivity index (χ4v) is 4.39. The van der Waals surface area contributed by atoms with Crippen molar-refractivity contribution in [1.82, 2.24) is 9.88 Å². The van der Waals surface area contributed by atoms with Crippen LogP contribution in [0.15, 0.2) is 30.5 Å². The molecule has 2 aliphatic heterocycles. The van der Waals surface area contributed by atoms with Gasteiger partial charge in [-0.3, -0.25) is 4.79 Å². The molecule has 5 nitrogen and oxygen atoms in total. The smallest absolute Gasteiger partial charge is 0.253 e. The van der Waals surface area contributed by atoms with Gasteiger partial charge in [-0.05, 0) is 55.9 Å². The third-order valence-electron chi connectivity index (χ3n) is 6.07. The van der Waals surface area contributed by atoms with Crippen molar-refractivity contribution < 1.29 is 14.3 Å². The normalized spacial score (nSPS) is 28.9. The Bertz CT molecular complexity index is 812. The fraction of sp³-hybridized carbons (Fsp3) is 0.571. The number of likely N-dealkylation sites (tertiary alicyclic amines) is 1. The van der Waals surface area contributed by atoms with E-state index in [1.54, 1.807) is 0 Å². The molecule has 1 spiro atoms. The van der Waals surface area contributed by atoms with E-state index in [4.69, 9.17) is 9.47 Å². The third-order valence-corrected chi connectivity index (χ3v) is 6.07. The Labute approximate surface area is 153 Å². The van der Waals surface area contributed by atoms with Crippen LogP contribution in [0.3, 0.4) is 0 Å². The third kappa shape index (κ3) is 3.14. The molecule has 1 amide bonds. The second-order valence-corrected chi connectivity index (χ2v) is 8.21. The first-order chi connectivity index (χ1) is 12.7. The van der Waals surface area contributed by atoms with Crippen molar-refractivity contribution in [2.24, 2.45) is 5.92 Å². The SMILES string of the molecule is O=C(c1ccc2[nH]ccc2c1)N1CCC[C@@]2(C[C@@H](OCC3CC3)CO2)C1. The van der Waals surface area contributed by atoms with Crippen LogP contribution < -0.4 is 0 Å². The van der Waals surface area contributed by atoms with Crippen LogP contribution in [0.5, 0.6) is 0 Å². The summed E-state index contributed by atoms with van der Waals surface area (Å²) in [5.41, 5.74) is 1.61. The number of carbonyl (C=O) groups excluding carboxylic acids is 1. The summed E-state index contributed by atoms with van der Waals surface area (Å²) in [4.78, 5) is 18.2. The zero-order chi connectivity index (χ0) is 17.6. The van der Waals surface area contributed by atoms with E-state index in [2.05, 4.69) is 4.98 Å². The first kappa shape index (κ1) is 16.3. The molecule has 1 aliphatic carbocycles. The minimum absolute atomic E-state index is 0.109. The number of aromatic amines is 1. The lowest BCUT2D eigenvalue weighted by atomic mass is 9.89. The van der Waals surface area contributed by atoms with Gasteiger partial charge in [-0.1, -0.05) is 0 Å². The molecule has 2 aromatic rings. The molecule has 0 unspecified atom stereocenters. The van der Waals surface area contributed by atoms with Crippen LogP contribution in [0.1, 0.15) is 42.5 Å². The van der Waals surface area contributed by atoms with Crippen molar-refractivity contribution in [3.8, 4) is 0 Å². The number of carbonyl (C=O) groups is 1. The average molecular weight is 354 g/mol. The van der Waals surface area contributed by atoms with Crippen LogP contribution >= 0.6 is 0 Å². The predicted octanol–water partition coefficient (Wildman–Crippen LogP) is 3.36. The summed E-state index contributed by atoms with van der Waals surface area (Å²) < 4.78 is 12.2. The number of hydrogen-bond acceptors (Lipinski definition) is 3. The maximum atomic E-state index is 13.0. The first-order valence-corrected chi connectivity index (χ1v) is 9.83. The highest BCUT2D eigenvalue weighted by molar-refractivity contribution is 5.98. The van der Waals surface area contributed by atoms with E-state index in [0.29, 0.717) is 13.2 Å². The molecule has 2 atom stereocenters. The highest BCUT2D eigenvalue weighted by Gasteiger charge is 2.45. The summed E-state index contributed by atoms with van der Waals surface area (Å²) in [5.74, 6) is 0.887. The Morgan fingerprint density at radius 1 is 1.35 bits per heavy atom. The van der Waals surface area contributed by atoms with Gasteiger partial charge in [0.05, 0.1) is 24.9 Å². The minimum Gasteiger partial charge on any atom is -0.375 e. The van der Waals surface area contributed by atoms with Gasteiger partial charge in [0.15, 0.2) is 0 Å². The molecule has 5 rings (SSSR count). The van der Waals surface area contributed by atoms with Crippen LogP contribution in [0.25, 0.3) is 10.9 Å². The topological polar surface area (TPSA) is 54.6 Å². The number of hydrogen-bond donors (Lipinski definition) is 1. The van der Waals surface area contributed by atoms with E-state index in [1.807, 2.05) is 35.4 Å². The second-order valence-electron chi connectivity index (χ2n) is 8.21. The van der Waals surface area contributed by atoms with Crippen molar-refractivity contribution in [2.75, 3.05) is 26.3 Å². The molecular weight excluding hydrogens is 328 g/mol. The number of amides is 1. The molecule has 3 aliphatic rings. The van der Waals surface area contributed by atoms with Crippen molar-refractivity contribution in [1.29, 1.82) is 0 Å². The van der Waals surface area contributed by atoms with E-state index in [9.17, 15) is 4.79 Å². The molecule has 0 radical (unpaired) electrons. The van der Waals surface area contributed by atoms with Crippen LogP contribution in [-0.2, 0) is 9.47 Å². The zero-order valence-corrected chi connectivity index (χ0v) is 15.1. The van der Waals surface area contributed by atoms with Crippen LogP contribution in [0.2, 0.25) is 0 Å². The van der Waals surface area contributed by atoms with Gasteiger partial charge in [0.1, 0.15) is 0 Å². The minimum atomic E-state index is -0.208. The summed E-state index contributed by atoms with van der Waals surface area (Å²) in [6.45, 7) is 3.04.